The molecule has 0 aliphatic carbocycles. The molecule has 0 bridgehead atoms. The summed E-state index contributed by atoms with van der Waals surface area (Å²) in [6, 6.07) is 2.59. The van der Waals surface area contributed by atoms with Gasteiger partial charge in [-0.05, 0) is 56.8 Å². The van der Waals surface area contributed by atoms with E-state index in [4.69, 9.17) is 4.74 Å². The Balaban J connectivity index is 1.60. The molecular formula is C15H19F3N2O. The van der Waals surface area contributed by atoms with Crippen LogP contribution in [0, 0.1) is 5.92 Å². The van der Waals surface area contributed by atoms with Crippen molar-refractivity contribution >= 4 is 0 Å². The lowest BCUT2D eigenvalue weighted by atomic mass is 9.85. The molecule has 2 fully saturated rings. The van der Waals surface area contributed by atoms with Crippen LogP contribution >= 0.6 is 0 Å². The lowest BCUT2D eigenvalue weighted by Crippen LogP contribution is -2.41. The Morgan fingerprint density at radius 1 is 1.29 bits per heavy atom. The maximum atomic E-state index is 12.5. The molecule has 2 saturated heterocycles. The van der Waals surface area contributed by atoms with Gasteiger partial charge in [0.2, 0.25) is 0 Å². The van der Waals surface area contributed by atoms with Crippen molar-refractivity contribution in [2.75, 3.05) is 19.7 Å². The molecule has 0 amide bonds. The highest BCUT2D eigenvalue weighted by atomic mass is 19.4. The molecule has 1 spiro atoms. The predicted octanol–water partition coefficient (Wildman–Crippen LogP) is 2.80. The molecule has 2 aliphatic rings. The summed E-state index contributed by atoms with van der Waals surface area (Å²) in [7, 11) is 0. The van der Waals surface area contributed by atoms with E-state index in [9.17, 15) is 13.2 Å². The average Bonchev–Trinajstić information content (AvgIpc) is 2.82. The highest BCUT2D eigenvalue weighted by Gasteiger charge is 2.41. The number of hydrogen-bond donors (Lipinski definition) is 1. The third kappa shape index (κ3) is 3.37. The number of piperidine rings is 1. The van der Waals surface area contributed by atoms with Crippen LogP contribution in [-0.2, 0) is 17.3 Å². The number of hydrogen-bond acceptors (Lipinski definition) is 3. The van der Waals surface area contributed by atoms with E-state index in [1.165, 1.54) is 6.07 Å². The third-order valence-electron chi connectivity index (χ3n) is 4.45. The van der Waals surface area contributed by atoms with Crippen molar-refractivity contribution < 1.29 is 17.9 Å². The van der Waals surface area contributed by atoms with E-state index in [1.807, 2.05) is 0 Å². The van der Waals surface area contributed by atoms with Crippen LogP contribution in [0.5, 0.6) is 0 Å². The van der Waals surface area contributed by atoms with Crippen LogP contribution in [0.1, 0.15) is 30.5 Å². The van der Waals surface area contributed by atoms with E-state index in [2.05, 4.69) is 10.3 Å². The van der Waals surface area contributed by atoms with E-state index in [0.717, 1.165) is 44.6 Å². The summed E-state index contributed by atoms with van der Waals surface area (Å²) in [5.74, 6) is 0.354. The zero-order chi connectivity index (χ0) is 14.9. The molecule has 0 aromatic carbocycles. The highest BCUT2D eigenvalue weighted by molar-refractivity contribution is 5.17. The monoisotopic (exact) mass is 300 g/mol. The van der Waals surface area contributed by atoms with Crippen molar-refractivity contribution in [1.29, 1.82) is 0 Å². The molecule has 3 heterocycles. The predicted molar refractivity (Wildman–Crippen MR) is 71.8 cm³/mol. The van der Waals surface area contributed by atoms with E-state index < -0.39 is 11.7 Å². The first-order chi connectivity index (χ1) is 9.97. The summed E-state index contributed by atoms with van der Waals surface area (Å²) >= 11 is 0. The minimum atomic E-state index is -4.32. The van der Waals surface area contributed by atoms with Gasteiger partial charge in [0.25, 0.3) is 0 Å². The highest BCUT2D eigenvalue weighted by Crippen LogP contribution is 2.38. The van der Waals surface area contributed by atoms with Crippen LogP contribution in [0.15, 0.2) is 18.3 Å². The Morgan fingerprint density at radius 2 is 2.05 bits per heavy atom. The minimum Gasteiger partial charge on any atom is -0.375 e. The second kappa shape index (κ2) is 5.57. The zero-order valence-electron chi connectivity index (χ0n) is 11.7. The van der Waals surface area contributed by atoms with Crippen molar-refractivity contribution in [1.82, 2.24) is 10.3 Å². The van der Waals surface area contributed by atoms with Gasteiger partial charge in [0, 0.05) is 11.9 Å². The molecule has 3 nitrogen and oxygen atoms in total. The van der Waals surface area contributed by atoms with Gasteiger partial charge < -0.3 is 10.1 Å². The van der Waals surface area contributed by atoms with E-state index in [0.29, 0.717) is 24.6 Å². The van der Waals surface area contributed by atoms with Gasteiger partial charge in [-0.2, -0.15) is 13.2 Å². The Bertz CT molecular complexity index is 481. The molecule has 0 radical (unpaired) electrons. The molecule has 1 atom stereocenters. The molecular weight excluding hydrogens is 281 g/mol. The largest absolute Gasteiger partial charge is 0.417 e. The number of rotatable bonds is 2. The maximum absolute atomic E-state index is 12.5. The Labute approximate surface area is 121 Å². The number of pyridine rings is 1. The van der Waals surface area contributed by atoms with Gasteiger partial charge in [-0.3, -0.25) is 4.98 Å². The van der Waals surface area contributed by atoms with Crippen LogP contribution in [0.3, 0.4) is 0 Å². The molecule has 3 rings (SSSR count). The summed E-state index contributed by atoms with van der Waals surface area (Å²) in [5, 5.41) is 3.32. The molecule has 6 heteroatoms. The summed E-state index contributed by atoms with van der Waals surface area (Å²) in [6.07, 6.45) is 0.311. The number of ether oxygens (including phenoxy) is 1. The van der Waals surface area contributed by atoms with Crippen molar-refractivity contribution in [2.24, 2.45) is 5.92 Å². The minimum absolute atomic E-state index is 0.0121. The molecule has 1 aromatic heterocycles. The number of aromatic nitrogens is 1. The van der Waals surface area contributed by atoms with Gasteiger partial charge in [0.05, 0.1) is 17.8 Å². The van der Waals surface area contributed by atoms with E-state index in [-0.39, 0.29) is 5.60 Å². The smallest absolute Gasteiger partial charge is 0.375 e. The lowest BCUT2D eigenvalue weighted by molar-refractivity contribution is -0.137. The van der Waals surface area contributed by atoms with E-state index >= 15 is 0 Å². The van der Waals surface area contributed by atoms with Gasteiger partial charge in [0.15, 0.2) is 0 Å². The topological polar surface area (TPSA) is 34.1 Å². The number of halogens is 3. The van der Waals surface area contributed by atoms with Crippen LogP contribution in [0.4, 0.5) is 13.2 Å². The number of alkyl halides is 3. The van der Waals surface area contributed by atoms with Crippen molar-refractivity contribution in [3.8, 4) is 0 Å². The first-order valence-electron chi connectivity index (χ1n) is 7.34. The van der Waals surface area contributed by atoms with E-state index in [1.54, 1.807) is 0 Å². The van der Waals surface area contributed by atoms with Gasteiger partial charge in [0.1, 0.15) is 0 Å². The Kier molecular flexibility index (Phi) is 3.92. The molecule has 116 valence electrons. The number of nitrogens with one attached hydrogen (secondary N) is 1. The zero-order valence-corrected chi connectivity index (χ0v) is 11.7. The SMILES string of the molecule is FC(F)(F)c1ccc(CC2COC3(CCNCC3)C2)nc1. The van der Waals surface area contributed by atoms with Gasteiger partial charge in [-0.15, -0.1) is 0 Å². The fourth-order valence-corrected chi connectivity index (χ4v) is 3.31. The number of nitrogens with zero attached hydrogens (tertiary/aromatic N) is 1. The summed E-state index contributed by atoms with van der Waals surface area (Å²) < 4.78 is 43.5. The van der Waals surface area contributed by atoms with Crippen LogP contribution in [0.2, 0.25) is 0 Å². The van der Waals surface area contributed by atoms with Crippen LogP contribution in [0.25, 0.3) is 0 Å². The molecule has 1 unspecified atom stereocenters. The van der Waals surface area contributed by atoms with Gasteiger partial charge >= 0.3 is 6.18 Å². The molecule has 2 aliphatic heterocycles. The maximum Gasteiger partial charge on any atom is 0.417 e. The Hall–Kier alpha value is -1.14. The standard InChI is InChI=1S/C15H19F3N2O/c16-15(17,18)12-1-2-13(20-9-12)7-11-8-14(21-10-11)3-5-19-6-4-14/h1-2,9,11,19H,3-8,10H2. The fraction of sp³-hybridized carbons (Fsp3) is 0.667. The molecule has 1 aromatic rings. The van der Waals surface area contributed by atoms with Crippen LogP contribution < -0.4 is 5.32 Å². The fourth-order valence-electron chi connectivity index (χ4n) is 3.31. The second-order valence-corrected chi connectivity index (χ2v) is 6.05. The van der Waals surface area contributed by atoms with Gasteiger partial charge in [-0.1, -0.05) is 0 Å². The van der Waals surface area contributed by atoms with Crippen molar-refractivity contribution in [3.63, 3.8) is 0 Å². The second-order valence-electron chi connectivity index (χ2n) is 6.05. The normalized spacial score (nSPS) is 25.4. The summed E-state index contributed by atoms with van der Waals surface area (Å²) in [4.78, 5) is 3.95. The molecule has 1 N–H and O–H groups in total. The first-order valence-corrected chi connectivity index (χ1v) is 7.34. The van der Waals surface area contributed by atoms with Crippen molar-refractivity contribution in [3.05, 3.63) is 29.6 Å². The first kappa shape index (κ1) is 14.8. The Morgan fingerprint density at radius 3 is 2.67 bits per heavy atom. The summed E-state index contributed by atoms with van der Waals surface area (Å²) in [5.41, 5.74) is 0.00768. The average molecular weight is 300 g/mol. The van der Waals surface area contributed by atoms with Crippen LogP contribution in [-0.4, -0.2) is 30.3 Å². The lowest BCUT2D eigenvalue weighted by Gasteiger charge is -2.33. The summed E-state index contributed by atoms with van der Waals surface area (Å²) in [6.45, 7) is 2.64. The molecule has 0 saturated carbocycles. The van der Waals surface area contributed by atoms with Crippen molar-refractivity contribution in [2.45, 2.75) is 37.5 Å². The molecule has 21 heavy (non-hydrogen) atoms. The quantitative estimate of drug-likeness (QED) is 0.912. The van der Waals surface area contributed by atoms with Gasteiger partial charge in [-0.25, -0.2) is 0 Å². The third-order valence-corrected chi connectivity index (χ3v) is 4.45.